The van der Waals surface area contributed by atoms with Crippen molar-refractivity contribution in [3.8, 4) is 0 Å². The molecule has 0 spiro atoms. The van der Waals surface area contributed by atoms with Crippen molar-refractivity contribution in [2.24, 2.45) is 11.3 Å². The van der Waals surface area contributed by atoms with E-state index >= 15 is 0 Å². The number of thiophene rings is 1. The molecule has 1 N–H and O–H groups in total. The van der Waals surface area contributed by atoms with E-state index in [0.717, 1.165) is 23.6 Å². The molecule has 0 aliphatic heterocycles. The maximum absolute atomic E-state index is 11.8. The largest absolute Gasteiger partial charge is 0.352 e. The number of fused-ring (bicyclic) bond motifs is 1. The molecule has 100 valence electrons. The van der Waals surface area contributed by atoms with Gasteiger partial charge in [0.05, 0.1) is 4.88 Å². The Kier molecular flexibility index (Phi) is 3.81. The topological polar surface area (TPSA) is 29.1 Å². The summed E-state index contributed by atoms with van der Waals surface area (Å²) < 4.78 is 0. The third-order valence-electron chi connectivity index (χ3n) is 3.87. The van der Waals surface area contributed by atoms with Crippen LogP contribution in [0.3, 0.4) is 0 Å². The Morgan fingerprint density at radius 1 is 1.50 bits per heavy atom. The quantitative estimate of drug-likeness (QED) is 0.869. The van der Waals surface area contributed by atoms with Gasteiger partial charge in [-0.3, -0.25) is 4.79 Å². The molecule has 0 saturated carbocycles. The third kappa shape index (κ3) is 2.77. The average molecular weight is 265 g/mol. The summed E-state index contributed by atoms with van der Waals surface area (Å²) >= 11 is 1.68. The van der Waals surface area contributed by atoms with E-state index in [4.69, 9.17) is 0 Å². The van der Waals surface area contributed by atoms with E-state index in [1.807, 2.05) is 6.92 Å². The summed E-state index contributed by atoms with van der Waals surface area (Å²) in [6.07, 6.45) is 3.53. The number of amides is 1. The Labute approximate surface area is 114 Å². The number of carbonyl (C=O) groups excluding carboxylic acids is 1. The van der Waals surface area contributed by atoms with Crippen LogP contribution in [-0.2, 0) is 12.8 Å². The predicted molar refractivity (Wildman–Crippen MR) is 77.3 cm³/mol. The maximum Gasteiger partial charge on any atom is 0.261 e. The monoisotopic (exact) mass is 265 g/mol. The molecule has 18 heavy (non-hydrogen) atoms. The maximum atomic E-state index is 11.8. The van der Waals surface area contributed by atoms with E-state index in [1.165, 1.54) is 16.9 Å². The second kappa shape index (κ2) is 5.04. The standard InChI is InChI=1S/C15H23NOS/c1-5-16-14(17)13-9-10-8-11(15(2,3)4)6-7-12(10)18-13/h9,11H,5-8H2,1-4H3,(H,16,17). The molecule has 1 unspecified atom stereocenters. The second-order valence-corrected chi connectivity index (χ2v) is 7.36. The summed E-state index contributed by atoms with van der Waals surface area (Å²) in [5.74, 6) is 0.825. The molecule has 1 heterocycles. The Bertz CT molecular complexity index is 442. The van der Waals surface area contributed by atoms with Gasteiger partial charge in [0.2, 0.25) is 0 Å². The van der Waals surface area contributed by atoms with Gasteiger partial charge < -0.3 is 5.32 Å². The van der Waals surface area contributed by atoms with Crippen LogP contribution < -0.4 is 5.32 Å². The van der Waals surface area contributed by atoms with E-state index in [2.05, 4.69) is 32.2 Å². The molecule has 0 bridgehead atoms. The highest BCUT2D eigenvalue weighted by molar-refractivity contribution is 7.14. The molecule has 1 atom stereocenters. The summed E-state index contributed by atoms with van der Waals surface area (Å²) in [5.41, 5.74) is 1.78. The lowest BCUT2D eigenvalue weighted by Crippen LogP contribution is -2.26. The first kappa shape index (κ1) is 13.6. The summed E-state index contributed by atoms with van der Waals surface area (Å²) in [6.45, 7) is 9.62. The van der Waals surface area contributed by atoms with Gasteiger partial charge in [0.1, 0.15) is 0 Å². The number of aryl methyl sites for hydroxylation is 1. The lowest BCUT2D eigenvalue weighted by Gasteiger charge is -2.33. The van der Waals surface area contributed by atoms with Gasteiger partial charge in [-0.25, -0.2) is 0 Å². The zero-order valence-corrected chi connectivity index (χ0v) is 12.6. The van der Waals surface area contributed by atoms with E-state index in [9.17, 15) is 4.79 Å². The van der Waals surface area contributed by atoms with Crippen molar-refractivity contribution in [3.05, 3.63) is 21.4 Å². The zero-order valence-electron chi connectivity index (χ0n) is 11.8. The molecule has 2 nitrogen and oxygen atoms in total. The Balaban J connectivity index is 2.16. The number of nitrogens with one attached hydrogen (secondary N) is 1. The fourth-order valence-electron chi connectivity index (χ4n) is 2.62. The van der Waals surface area contributed by atoms with Crippen molar-refractivity contribution in [3.63, 3.8) is 0 Å². The highest BCUT2D eigenvalue weighted by Gasteiger charge is 2.30. The molecule has 1 aliphatic rings. The van der Waals surface area contributed by atoms with Crippen molar-refractivity contribution < 1.29 is 4.79 Å². The molecule has 1 aliphatic carbocycles. The van der Waals surface area contributed by atoms with E-state index in [0.29, 0.717) is 12.0 Å². The second-order valence-electron chi connectivity index (χ2n) is 6.22. The molecule has 1 aromatic heterocycles. The number of hydrogen-bond donors (Lipinski definition) is 1. The fraction of sp³-hybridized carbons (Fsp3) is 0.667. The van der Waals surface area contributed by atoms with Crippen LogP contribution in [0.15, 0.2) is 6.07 Å². The number of hydrogen-bond acceptors (Lipinski definition) is 2. The smallest absolute Gasteiger partial charge is 0.261 e. The Morgan fingerprint density at radius 3 is 2.83 bits per heavy atom. The molecule has 2 rings (SSSR count). The Morgan fingerprint density at radius 2 is 2.22 bits per heavy atom. The predicted octanol–water partition coefficient (Wildman–Crippen LogP) is 3.65. The minimum Gasteiger partial charge on any atom is -0.352 e. The number of carbonyl (C=O) groups is 1. The SMILES string of the molecule is CCNC(=O)c1cc2c(s1)CCC(C(C)(C)C)C2. The lowest BCUT2D eigenvalue weighted by molar-refractivity contribution is 0.0960. The van der Waals surface area contributed by atoms with Crippen LogP contribution in [0.5, 0.6) is 0 Å². The van der Waals surface area contributed by atoms with Crippen molar-refractivity contribution >= 4 is 17.2 Å². The first-order valence-corrected chi connectivity index (χ1v) is 7.63. The first-order chi connectivity index (χ1) is 8.41. The van der Waals surface area contributed by atoms with Crippen molar-refractivity contribution in [2.45, 2.75) is 47.0 Å². The zero-order chi connectivity index (χ0) is 13.3. The fourth-order valence-corrected chi connectivity index (χ4v) is 3.75. The van der Waals surface area contributed by atoms with Gasteiger partial charge in [-0.2, -0.15) is 0 Å². The van der Waals surface area contributed by atoms with E-state index < -0.39 is 0 Å². The Hall–Kier alpha value is -0.830. The molecule has 3 heteroatoms. The van der Waals surface area contributed by atoms with Crippen LogP contribution in [0, 0.1) is 11.3 Å². The summed E-state index contributed by atoms with van der Waals surface area (Å²) in [6, 6.07) is 2.11. The summed E-state index contributed by atoms with van der Waals surface area (Å²) in [7, 11) is 0. The van der Waals surface area contributed by atoms with Gasteiger partial charge in [0.15, 0.2) is 0 Å². The first-order valence-electron chi connectivity index (χ1n) is 6.81. The van der Waals surface area contributed by atoms with Crippen LogP contribution in [0.1, 0.15) is 54.2 Å². The highest BCUT2D eigenvalue weighted by Crippen LogP contribution is 2.39. The van der Waals surface area contributed by atoms with Gasteiger partial charge in [-0.1, -0.05) is 20.8 Å². The van der Waals surface area contributed by atoms with Crippen LogP contribution in [0.4, 0.5) is 0 Å². The van der Waals surface area contributed by atoms with Gasteiger partial charge in [-0.15, -0.1) is 11.3 Å². The van der Waals surface area contributed by atoms with Crippen molar-refractivity contribution in [1.82, 2.24) is 5.32 Å². The van der Waals surface area contributed by atoms with Crippen LogP contribution in [-0.4, -0.2) is 12.5 Å². The normalized spacial score (nSPS) is 19.4. The minimum atomic E-state index is 0.0872. The van der Waals surface area contributed by atoms with Gasteiger partial charge in [0, 0.05) is 11.4 Å². The van der Waals surface area contributed by atoms with E-state index in [1.54, 1.807) is 11.3 Å². The third-order valence-corrected chi connectivity index (χ3v) is 5.10. The van der Waals surface area contributed by atoms with Gasteiger partial charge >= 0.3 is 0 Å². The molecular weight excluding hydrogens is 242 g/mol. The molecular formula is C15H23NOS. The van der Waals surface area contributed by atoms with Crippen LogP contribution in [0.25, 0.3) is 0 Å². The lowest BCUT2D eigenvalue weighted by atomic mass is 9.72. The van der Waals surface area contributed by atoms with Crippen LogP contribution in [0.2, 0.25) is 0 Å². The van der Waals surface area contributed by atoms with E-state index in [-0.39, 0.29) is 5.91 Å². The molecule has 1 aromatic rings. The molecule has 1 amide bonds. The average Bonchev–Trinajstić information content (AvgIpc) is 2.70. The molecule has 0 fully saturated rings. The molecule has 0 aromatic carbocycles. The van der Waals surface area contributed by atoms with Gasteiger partial charge in [0.25, 0.3) is 5.91 Å². The summed E-state index contributed by atoms with van der Waals surface area (Å²) in [5, 5.41) is 2.88. The summed E-state index contributed by atoms with van der Waals surface area (Å²) in [4.78, 5) is 14.2. The van der Waals surface area contributed by atoms with Gasteiger partial charge in [-0.05, 0) is 49.1 Å². The number of rotatable bonds is 2. The van der Waals surface area contributed by atoms with Crippen LogP contribution >= 0.6 is 11.3 Å². The molecule has 0 radical (unpaired) electrons. The highest BCUT2D eigenvalue weighted by atomic mass is 32.1. The van der Waals surface area contributed by atoms with Crippen molar-refractivity contribution in [1.29, 1.82) is 0 Å². The molecule has 0 saturated heterocycles. The minimum absolute atomic E-state index is 0.0872. The van der Waals surface area contributed by atoms with Crippen molar-refractivity contribution in [2.75, 3.05) is 6.54 Å².